The molecule has 2 aliphatic rings. The van der Waals surface area contributed by atoms with Crippen molar-refractivity contribution >= 4 is 17.5 Å². The van der Waals surface area contributed by atoms with Crippen LogP contribution in [0.4, 0.5) is 5.69 Å². The van der Waals surface area contributed by atoms with Crippen LogP contribution in [0.2, 0.25) is 0 Å². The Labute approximate surface area is 124 Å². The van der Waals surface area contributed by atoms with E-state index in [1.54, 1.807) is 24.3 Å². The first-order valence-electron chi connectivity index (χ1n) is 7.59. The van der Waals surface area contributed by atoms with Gasteiger partial charge in [-0.1, -0.05) is 0 Å². The van der Waals surface area contributed by atoms with Crippen LogP contribution in [0.1, 0.15) is 36.0 Å². The van der Waals surface area contributed by atoms with E-state index in [2.05, 4.69) is 10.6 Å². The number of nitrogens with one attached hydrogen (secondary N) is 2. The van der Waals surface area contributed by atoms with Crippen LogP contribution in [0.15, 0.2) is 24.3 Å². The van der Waals surface area contributed by atoms with Gasteiger partial charge in [0.25, 0.3) is 5.91 Å². The van der Waals surface area contributed by atoms with Gasteiger partial charge in [0.15, 0.2) is 0 Å². The Balaban J connectivity index is 1.57. The minimum Gasteiger partial charge on any atom is -0.348 e. The summed E-state index contributed by atoms with van der Waals surface area (Å²) in [7, 11) is 0. The van der Waals surface area contributed by atoms with Crippen molar-refractivity contribution < 1.29 is 9.59 Å². The van der Waals surface area contributed by atoms with Gasteiger partial charge in [0.2, 0.25) is 5.91 Å². The molecule has 5 heteroatoms. The molecule has 0 saturated heterocycles. The predicted octanol–water partition coefficient (Wildman–Crippen LogP) is 1.50. The number of carbonyl (C=O) groups is 2. The minimum atomic E-state index is -0.0996. The third kappa shape index (κ3) is 3.61. The molecule has 0 aromatic heterocycles. The third-order valence-corrected chi connectivity index (χ3v) is 4.12. The van der Waals surface area contributed by atoms with Crippen molar-refractivity contribution in [3.05, 3.63) is 29.8 Å². The van der Waals surface area contributed by atoms with Crippen LogP contribution in [0, 0.1) is 11.8 Å². The maximum Gasteiger partial charge on any atom is 0.251 e. The molecule has 0 aliphatic heterocycles. The quantitative estimate of drug-likeness (QED) is 0.741. The number of anilines is 1. The van der Waals surface area contributed by atoms with Gasteiger partial charge in [0, 0.05) is 29.8 Å². The molecule has 2 amide bonds. The molecule has 1 unspecified atom stereocenters. The number of carbonyl (C=O) groups excluding carboxylic acids is 2. The molecule has 0 radical (unpaired) electrons. The molecule has 1 aromatic rings. The number of hydrogen-bond donors (Lipinski definition) is 3. The normalized spacial score (nSPS) is 18.9. The SMILES string of the molecule is NCC(NC(=O)c1ccc(NC(=O)C2CC2)cc1)C1CC1. The molecule has 3 rings (SSSR count). The number of benzene rings is 1. The molecular weight excluding hydrogens is 266 g/mol. The molecule has 1 atom stereocenters. The molecule has 4 N–H and O–H groups in total. The van der Waals surface area contributed by atoms with Crippen LogP contribution in [0.25, 0.3) is 0 Å². The van der Waals surface area contributed by atoms with Crippen LogP contribution < -0.4 is 16.4 Å². The van der Waals surface area contributed by atoms with E-state index in [1.165, 1.54) is 0 Å². The topological polar surface area (TPSA) is 84.2 Å². The highest BCUT2D eigenvalue weighted by atomic mass is 16.2. The summed E-state index contributed by atoms with van der Waals surface area (Å²) in [6, 6.07) is 7.08. The average Bonchev–Trinajstić information content (AvgIpc) is 3.37. The van der Waals surface area contributed by atoms with Crippen LogP contribution in [0.3, 0.4) is 0 Å². The second-order valence-corrected chi connectivity index (χ2v) is 5.99. The van der Waals surface area contributed by atoms with E-state index < -0.39 is 0 Å². The summed E-state index contributed by atoms with van der Waals surface area (Å²) in [6.45, 7) is 0.478. The molecule has 0 bridgehead atoms. The summed E-state index contributed by atoms with van der Waals surface area (Å²) in [4.78, 5) is 23.8. The van der Waals surface area contributed by atoms with Crippen molar-refractivity contribution in [1.82, 2.24) is 5.32 Å². The van der Waals surface area contributed by atoms with Crippen LogP contribution in [0.5, 0.6) is 0 Å². The molecule has 1 aromatic carbocycles. The number of amides is 2. The Kier molecular flexibility index (Phi) is 3.92. The Morgan fingerprint density at radius 3 is 2.33 bits per heavy atom. The number of rotatable bonds is 6. The zero-order chi connectivity index (χ0) is 14.8. The molecule has 112 valence electrons. The maximum atomic E-state index is 12.1. The maximum absolute atomic E-state index is 12.1. The van der Waals surface area contributed by atoms with E-state index in [1.807, 2.05) is 0 Å². The monoisotopic (exact) mass is 287 g/mol. The molecular formula is C16H21N3O2. The fourth-order valence-electron chi connectivity index (χ4n) is 2.41. The number of nitrogens with two attached hydrogens (primary N) is 1. The Morgan fingerprint density at radius 2 is 1.81 bits per heavy atom. The van der Waals surface area contributed by atoms with Gasteiger partial charge < -0.3 is 16.4 Å². The van der Waals surface area contributed by atoms with E-state index in [-0.39, 0.29) is 23.8 Å². The lowest BCUT2D eigenvalue weighted by molar-refractivity contribution is -0.117. The van der Waals surface area contributed by atoms with Gasteiger partial charge in [-0.2, -0.15) is 0 Å². The van der Waals surface area contributed by atoms with Gasteiger partial charge >= 0.3 is 0 Å². The first kappa shape index (κ1) is 14.1. The molecule has 21 heavy (non-hydrogen) atoms. The van der Waals surface area contributed by atoms with Gasteiger partial charge in [0.05, 0.1) is 0 Å². The van der Waals surface area contributed by atoms with Crippen LogP contribution in [-0.4, -0.2) is 24.4 Å². The Bertz CT molecular complexity index is 533. The molecule has 2 saturated carbocycles. The van der Waals surface area contributed by atoms with Crippen molar-refractivity contribution in [1.29, 1.82) is 0 Å². The lowest BCUT2D eigenvalue weighted by atomic mass is 10.1. The second-order valence-electron chi connectivity index (χ2n) is 5.99. The highest BCUT2D eigenvalue weighted by Gasteiger charge is 2.31. The third-order valence-electron chi connectivity index (χ3n) is 4.12. The van der Waals surface area contributed by atoms with Gasteiger partial charge in [-0.25, -0.2) is 0 Å². The zero-order valence-corrected chi connectivity index (χ0v) is 12.0. The fraction of sp³-hybridized carbons (Fsp3) is 0.500. The van der Waals surface area contributed by atoms with Crippen molar-refractivity contribution in [3.8, 4) is 0 Å². The first-order chi connectivity index (χ1) is 10.2. The summed E-state index contributed by atoms with van der Waals surface area (Å²) in [5, 5.41) is 5.84. The van der Waals surface area contributed by atoms with Crippen molar-refractivity contribution in [2.75, 3.05) is 11.9 Å². The van der Waals surface area contributed by atoms with Gasteiger partial charge in [0.1, 0.15) is 0 Å². The highest BCUT2D eigenvalue weighted by Crippen LogP contribution is 2.32. The lowest BCUT2D eigenvalue weighted by Gasteiger charge is -2.16. The van der Waals surface area contributed by atoms with Crippen molar-refractivity contribution in [2.24, 2.45) is 17.6 Å². The van der Waals surface area contributed by atoms with Gasteiger partial charge in [-0.15, -0.1) is 0 Å². The molecule has 2 aliphatic carbocycles. The van der Waals surface area contributed by atoms with Crippen molar-refractivity contribution in [2.45, 2.75) is 31.7 Å². The second kappa shape index (κ2) is 5.85. The largest absolute Gasteiger partial charge is 0.348 e. The van der Waals surface area contributed by atoms with Crippen LogP contribution >= 0.6 is 0 Å². The standard InChI is InChI=1S/C16H21N3O2/c17-9-14(10-1-2-10)19-16(21)12-5-7-13(8-6-12)18-15(20)11-3-4-11/h5-8,10-11,14H,1-4,9,17H2,(H,18,20)(H,19,21). The fourth-order valence-corrected chi connectivity index (χ4v) is 2.41. The molecule has 0 heterocycles. The summed E-state index contributed by atoms with van der Waals surface area (Å²) < 4.78 is 0. The van der Waals surface area contributed by atoms with Crippen LogP contribution in [-0.2, 0) is 4.79 Å². The zero-order valence-electron chi connectivity index (χ0n) is 12.0. The Hall–Kier alpha value is -1.88. The summed E-state index contributed by atoms with van der Waals surface area (Å²) >= 11 is 0. The highest BCUT2D eigenvalue weighted by molar-refractivity contribution is 5.96. The molecule has 5 nitrogen and oxygen atoms in total. The number of hydrogen-bond acceptors (Lipinski definition) is 3. The van der Waals surface area contributed by atoms with E-state index >= 15 is 0 Å². The smallest absolute Gasteiger partial charge is 0.251 e. The van der Waals surface area contributed by atoms with E-state index in [9.17, 15) is 9.59 Å². The van der Waals surface area contributed by atoms with E-state index in [4.69, 9.17) is 5.73 Å². The predicted molar refractivity (Wildman–Crippen MR) is 80.8 cm³/mol. The van der Waals surface area contributed by atoms with E-state index in [0.717, 1.165) is 31.4 Å². The molecule has 2 fully saturated rings. The van der Waals surface area contributed by atoms with Gasteiger partial charge in [-0.05, 0) is 55.9 Å². The summed E-state index contributed by atoms with van der Waals surface area (Å²) in [5.41, 5.74) is 7.02. The summed E-state index contributed by atoms with van der Waals surface area (Å²) in [6.07, 6.45) is 4.25. The van der Waals surface area contributed by atoms with Crippen molar-refractivity contribution in [3.63, 3.8) is 0 Å². The lowest BCUT2D eigenvalue weighted by Crippen LogP contribution is -2.41. The first-order valence-corrected chi connectivity index (χ1v) is 7.59. The summed E-state index contributed by atoms with van der Waals surface area (Å²) in [5.74, 6) is 0.689. The van der Waals surface area contributed by atoms with Gasteiger partial charge in [-0.3, -0.25) is 9.59 Å². The van der Waals surface area contributed by atoms with E-state index in [0.29, 0.717) is 18.0 Å². The molecule has 0 spiro atoms. The average molecular weight is 287 g/mol. The Morgan fingerprint density at radius 1 is 1.14 bits per heavy atom. The minimum absolute atomic E-state index is 0.0733.